The van der Waals surface area contributed by atoms with Gasteiger partial charge in [-0.3, -0.25) is 4.98 Å². The van der Waals surface area contributed by atoms with Crippen molar-refractivity contribution < 1.29 is 23.4 Å². The van der Waals surface area contributed by atoms with Crippen LogP contribution in [0.5, 0.6) is 11.8 Å². The van der Waals surface area contributed by atoms with Crippen molar-refractivity contribution in [1.29, 1.82) is 0 Å². The summed E-state index contributed by atoms with van der Waals surface area (Å²) in [4.78, 5) is 10.8. The van der Waals surface area contributed by atoms with Crippen molar-refractivity contribution >= 4 is 5.78 Å². The molecule has 0 amide bonds. The lowest BCUT2D eigenvalue weighted by atomic mass is 10.1. The smallest absolute Gasteiger partial charge is 0.418 e. The van der Waals surface area contributed by atoms with Gasteiger partial charge >= 0.3 is 6.18 Å². The molecule has 0 fully saturated rings. The highest BCUT2D eigenvalue weighted by Crippen LogP contribution is 2.41. The molecule has 108 valence electrons. The zero-order chi connectivity index (χ0) is 15.2. The fourth-order valence-corrected chi connectivity index (χ4v) is 1.86. The normalized spacial score (nSPS) is 12.0. The van der Waals surface area contributed by atoms with Crippen LogP contribution in [0, 0.1) is 0 Å². The van der Waals surface area contributed by atoms with Crippen LogP contribution in [-0.4, -0.2) is 34.8 Å². The van der Waals surface area contributed by atoms with Crippen LogP contribution < -0.4 is 0 Å². The molecule has 3 heterocycles. The van der Waals surface area contributed by atoms with E-state index in [1.54, 1.807) is 0 Å². The van der Waals surface area contributed by atoms with Gasteiger partial charge in [-0.2, -0.15) is 32.8 Å². The molecule has 3 aromatic heterocycles. The Morgan fingerprint density at radius 3 is 2.62 bits per heavy atom. The zero-order valence-corrected chi connectivity index (χ0v) is 10.1. The van der Waals surface area contributed by atoms with Crippen molar-refractivity contribution in [2.24, 2.45) is 0 Å². The Hall–Kier alpha value is -2.91. The molecule has 3 rings (SSSR count). The molecule has 0 radical (unpaired) electrons. The first-order valence-corrected chi connectivity index (χ1v) is 5.54. The highest BCUT2D eigenvalue weighted by molar-refractivity contribution is 5.74. The molecule has 0 aliphatic carbocycles. The summed E-state index contributed by atoms with van der Waals surface area (Å²) in [5.41, 5.74) is -2.33. The van der Waals surface area contributed by atoms with Crippen molar-refractivity contribution in [2.75, 3.05) is 0 Å². The number of hydrogen-bond acceptors (Lipinski definition) is 6. The molecular formula is C11H6F3N5O2. The summed E-state index contributed by atoms with van der Waals surface area (Å²) in [6.07, 6.45) is -2.57. The lowest BCUT2D eigenvalue weighted by Crippen LogP contribution is -2.09. The van der Waals surface area contributed by atoms with Gasteiger partial charge in [0.1, 0.15) is 11.9 Å². The molecule has 21 heavy (non-hydrogen) atoms. The largest absolute Gasteiger partial charge is 0.493 e. The number of nitrogens with zero attached hydrogens (tertiary/aromatic N) is 5. The predicted octanol–water partition coefficient (Wildman–Crippen LogP) is 1.62. The minimum Gasteiger partial charge on any atom is -0.493 e. The molecule has 10 heteroatoms. The SMILES string of the molecule is Oc1nc2ncnn2c(O)c1-c1ncccc1C(F)(F)F. The van der Waals surface area contributed by atoms with Gasteiger partial charge in [0, 0.05) is 6.20 Å². The van der Waals surface area contributed by atoms with Gasteiger partial charge in [-0.25, -0.2) is 0 Å². The van der Waals surface area contributed by atoms with E-state index in [1.165, 1.54) is 0 Å². The van der Waals surface area contributed by atoms with Crippen LogP contribution in [-0.2, 0) is 6.18 Å². The Labute approximate surface area is 114 Å². The Balaban J connectivity index is 2.36. The van der Waals surface area contributed by atoms with E-state index < -0.39 is 34.8 Å². The molecule has 0 unspecified atom stereocenters. The number of hydrogen-bond donors (Lipinski definition) is 2. The van der Waals surface area contributed by atoms with Gasteiger partial charge in [-0.05, 0) is 12.1 Å². The van der Waals surface area contributed by atoms with Gasteiger partial charge in [-0.1, -0.05) is 0 Å². The van der Waals surface area contributed by atoms with Crippen LogP contribution in [0.15, 0.2) is 24.7 Å². The van der Waals surface area contributed by atoms with Crippen LogP contribution in [0.4, 0.5) is 13.2 Å². The minimum absolute atomic E-state index is 0.154. The van der Waals surface area contributed by atoms with Gasteiger partial charge in [0.15, 0.2) is 0 Å². The highest BCUT2D eigenvalue weighted by atomic mass is 19.4. The van der Waals surface area contributed by atoms with Crippen LogP contribution in [0.3, 0.4) is 0 Å². The fourth-order valence-electron chi connectivity index (χ4n) is 1.86. The van der Waals surface area contributed by atoms with Crippen LogP contribution in [0.25, 0.3) is 17.0 Å². The number of aromatic nitrogens is 5. The first kappa shape index (κ1) is 13.1. The highest BCUT2D eigenvalue weighted by Gasteiger charge is 2.36. The van der Waals surface area contributed by atoms with E-state index in [0.29, 0.717) is 0 Å². The molecule has 7 nitrogen and oxygen atoms in total. The van der Waals surface area contributed by atoms with Crippen molar-refractivity contribution in [2.45, 2.75) is 6.18 Å². The molecule has 0 atom stereocenters. The second-order valence-electron chi connectivity index (χ2n) is 4.00. The molecule has 0 saturated heterocycles. The number of rotatable bonds is 1. The summed E-state index contributed by atoms with van der Waals surface area (Å²) in [7, 11) is 0. The number of halogens is 3. The van der Waals surface area contributed by atoms with Crippen LogP contribution in [0.1, 0.15) is 5.56 Å². The Morgan fingerprint density at radius 2 is 1.90 bits per heavy atom. The van der Waals surface area contributed by atoms with Crippen molar-refractivity contribution in [1.82, 2.24) is 24.6 Å². The molecule has 0 aromatic carbocycles. The van der Waals surface area contributed by atoms with E-state index in [4.69, 9.17) is 0 Å². The first-order valence-electron chi connectivity index (χ1n) is 5.54. The zero-order valence-electron chi connectivity index (χ0n) is 10.1. The minimum atomic E-state index is -4.71. The van der Waals surface area contributed by atoms with Gasteiger partial charge < -0.3 is 10.2 Å². The number of fused-ring (bicyclic) bond motifs is 1. The Morgan fingerprint density at radius 1 is 1.14 bits per heavy atom. The maximum absolute atomic E-state index is 13.0. The van der Waals surface area contributed by atoms with Gasteiger partial charge in [0.25, 0.3) is 5.78 Å². The maximum Gasteiger partial charge on any atom is 0.418 e. The van der Waals surface area contributed by atoms with E-state index >= 15 is 0 Å². The van der Waals surface area contributed by atoms with Gasteiger partial charge in [-0.15, -0.1) is 0 Å². The molecule has 0 spiro atoms. The monoisotopic (exact) mass is 297 g/mol. The maximum atomic E-state index is 13.0. The molecule has 0 aliphatic heterocycles. The first-order chi connectivity index (χ1) is 9.89. The van der Waals surface area contributed by atoms with Crippen LogP contribution in [0.2, 0.25) is 0 Å². The fraction of sp³-hybridized carbons (Fsp3) is 0.0909. The molecule has 0 aliphatic rings. The second kappa shape index (κ2) is 4.30. The molecule has 3 aromatic rings. The van der Waals surface area contributed by atoms with E-state index in [-0.39, 0.29) is 5.78 Å². The third-order valence-corrected chi connectivity index (χ3v) is 2.73. The summed E-state index contributed by atoms with van der Waals surface area (Å²) in [5, 5.41) is 23.4. The summed E-state index contributed by atoms with van der Waals surface area (Å²) in [6.45, 7) is 0. The quantitative estimate of drug-likeness (QED) is 0.708. The summed E-state index contributed by atoms with van der Waals surface area (Å²) >= 11 is 0. The van der Waals surface area contributed by atoms with Gasteiger partial charge in [0.2, 0.25) is 11.8 Å². The van der Waals surface area contributed by atoms with Crippen molar-refractivity contribution in [3.8, 4) is 23.0 Å². The third kappa shape index (κ3) is 2.00. The summed E-state index contributed by atoms with van der Waals surface area (Å²) < 4.78 is 39.8. The molecular weight excluding hydrogens is 291 g/mol. The molecule has 0 bridgehead atoms. The second-order valence-corrected chi connectivity index (χ2v) is 4.00. The average molecular weight is 297 g/mol. The number of pyridine rings is 1. The Bertz CT molecular complexity index is 830. The van der Waals surface area contributed by atoms with Crippen molar-refractivity contribution in [3.63, 3.8) is 0 Å². The van der Waals surface area contributed by atoms with Gasteiger partial charge in [0.05, 0.1) is 11.3 Å². The van der Waals surface area contributed by atoms with E-state index in [0.717, 1.165) is 29.2 Å². The van der Waals surface area contributed by atoms with E-state index in [1.807, 2.05) is 0 Å². The summed E-state index contributed by atoms with van der Waals surface area (Å²) in [6, 6.07) is 1.88. The third-order valence-electron chi connectivity index (χ3n) is 2.73. The van der Waals surface area contributed by atoms with Crippen molar-refractivity contribution in [3.05, 3.63) is 30.2 Å². The lowest BCUT2D eigenvalue weighted by molar-refractivity contribution is -0.137. The standard InChI is InChI=1S/C11H6F3N5O2/c12-11(13,14)5-2-1-3-15-7(5)6-8(20)18-10-16-4-17-19(10)9(6)21/h1-4,21H,(H,16,17,18,20). The summed E-state index contributed by atoms with van der Waals surface area (Å²) in [5.74, 6) is -1.71. The lowest BCUT2D eigenvalue weighted by Gasteiger charge is -2.13. The van der Waals surface area contributed by atoms with E-state index in [9.17, 15) is 23.4 Å². The van der Waals surface area contributed by atoms with Crippen LogP contribution >= 0.6 is 0 Å². The Kier molecular flexibility index (Phi) is 2.68. The number of alkyl halides is 3. The molecule has 0 saturated carbocycles. The number of aromatic hydroxyl groups is 2. The molecule has 2 N–H and O–H groups in total. The topological polar surface area (TPSA) is 96.4 Å². The van der Waals surface area contributed by atoms with E-state index in [2.05, 4.69) is 20.1 Å². The average Bonchev–Trinajstić information content (AvgIpc) is 2.86. The predicted molar refractivity (Wildman–Crippen MR) is 62.3 cm³/mol.